The lowest BCUT2D eigenvalue weighted by molar-refractivity contribution is 0.228. The summed E-state index contributed by atoms with van der Waals surface area (Å²) in [7, 11) is 0. The van der Waals surface area contributed by atoms with Crippen LogP contribution in [-0.2, 0) is 4.74 Å². The van der Waals surface area contributed by atoms with Gasteiger partial charge in [-0.15, -0.1) is 11.8 Å². The molecule has 86 valence electrons. The molecule has 2 N–H and O–H groups in total. The quantitative estimate of drug-likeness (QED) is 0.820. The summed E-state index contributed by atoms with van der Waals surface area (Å²) in [4.78, 5) is 0.636. The Kier molecular flexibility index (Phi) is 3.85. The van der Waals surface area contributed by atoms with Gasteiger partial charge in [-0.05, 0) is 18.2 Å². The molecule has 1 aromatic carbocycles. The zero-order valence-electron chi connectivity index (χ0n) is 8.86. The number of hydrogen-bond donors (Lipinski definition) is 1. The zero-order chi connectivity index (χ0) is 11.4. The fraction of sp³-hybridized carbons (Fsp3) is 0.333. The molecule has 1 aromatic rings. The van der Waals surface area contributed by atoms with Crippen LogP contribution in [0.1, 0.15) is 6.42 Å². The van der Waals surface area contributed by atoms with Gasteiger partial charge >= 0.3 is 0 Å². The summed E-state index contributed by atoms with van der Waals surface area (Å²) >= 11 is 1.42. The number of halogens is 1. The molecule has 2 rings (SSSR count). The molecule has 0 spiro atoms. The molecule has 0 bridgehead atoms. The van der Waals surface area contributed by atoms with Crippen molar-refractivity contribution in [2.75, 3.05) is 12.4 Å². The third-order valence-corrected chi connectivity index (χ3v) is 3.52. The van der Waals surface area contributed by atoms with Crippen molar-refractivity contribution in [2.24, 2.45) is 5.73 Å². The Labute approximate surface area is 98.7 Å². The lowest BCUT2D eigenvalue weighted by atomic mass is 10.3. The van der Waals surface area contributed by atoms with E-state index in [-0.39, 0.29) is 11.9 Å². The zero-order valence-corrected chi connectivity index (χ0v) is 9.67. The maximum absolute atomic E-state index is 13.3. The van der Waals surface area contributed by atoms with Gasteiger partial charge in [0, 0.05) is 17.1 Å². The highest BCUT2D eigenvalue weighted by Gasteiger charge is 2.15. The van der Waals surface area contributed by atoms with Crippen LogP contribution in [-0.4, -0.2) is 18.4 Å². The van der Waals surface area contributed by atoms with E-state index in [1.54, 1.807) is 12.1 Å². The standard InChI is InChI=1S/C12H14FNOS/c13-9-4-1-2-6-12(9)16-8-10(14)11-5-3-7-15-11/h1-2,4-6,10H,3,7-8,14H2. The van der Waals surface area contributed by atoms with Crippen LogP contribution in [0.25, 0.3) is 0 Å². The number of benzene rings is 1. The minimum Gasteiger partial charge on any atom is -0.496 e. The lowest BCUT2D eigenvalue weighted by Gasteiger charge is -2.12. The number of rotatable bonds is 4. The monoisotopic (exact) mass is 239 g/mol. The smallest absolute Gasteiger partial charge is 0.136 e. The molecule has 0 fully saturated rings. The molecule has 4 heteroatoms. The second-order valence-electron chi connectivity index (χ2n) is 3.59. The Balaban J connectivity index is 1.90. The molecule has 1 atom stereocenters. The molecule has 1 aliphatic heterocycles. The normalized spacial score (nSPS) is 16.8. The first-order valence-corrected chi connectivity index (χ1v) is 6.21. The average molecular weight is 239 g/mol. The van der Waals surface area contributed by atoms with E-state index in [1.165, 1.54) is 17.8 Å². The van der Waals surface area contributed by atoms with Crippen LogP contribution < -0.4 is 5.73 Å². The van der Waals surface area contributed by atoms with E-state index in [0.29, 0.717) is 17.3 Å². The van der Waals surface area contributed by atoms with Gasteiger partial charge < -0.3 is 10.5 Å². The van der Waals surface area contributed by atoms with Gasteiger partial charge in [0.25, 0.3) is 0 Å². The van der Waals surface area contributed by atoms with Gasteiger partial charge in [-0.25, -0.2) is 4.39 Å². The molecule has 16 heavy (non-hydrogen) atoms. The number of thioether (sulfide) groups is 1. The van der Waals surface area contributed by atoms with Crippen molar-refractivity contribution in [1.82, 2.24) is 0 Å². The first kappa shape index (κ1) is 11.5. The number of ether oxygens (including phenoxy) is 1. The van der Waals surface area contributed by atoms with Crippen LogP contribution in [0, 0.1) is 5.82 Å². The van der Waals surface area contributed by atoms with Gasteiger partial charge in [0.2, 0.25) is 0 Å². The van der Waals surface area contributed by atoms with Crippen molar-refractivity contribution in [2.45, 2.75) is 17.4 Å². The van der Waals surface area contributed by atoms with Crippen molar-refractivity contribution >= 4 is 11.8 Å². The fourth-order valence-corrected chi connectivity index (χ4v) is 2.42. The highest BCUT2D eigenvalue weighted by molar-refractivity contribution is 7.99. The van der Waals surface area contributed by atoms with Crippen molar-refractivity contribution in [3.63, 3.8) is 0 Å². The Hall–Kier alpha value is -1.00. The highest BCUT2D eigenvalue weighted by atomic mass is 32.2. The second kappa shape index (κ2) is 5.37. The van der Waals surface area contributed by atoms with Crippen LogP contribution in [0.5, 0.6) is 0 Å². The fourth-order valence-electron chi connectivity index (χ4n) is 1.52. The summed E-state index contributed by atoms with van der Waals surface area (Å²) in [6.07, 6.45) is 2.93. The molecule has 0 radical (unpaired) electrons. The third kappa shape index (κ3) is 2.77. The van der Waals surface area contributed by atoms with E-state index < -0.39 is 0 Å². The van der Waals surface area contributed by atoms with Crippen LogP contribution in [0.15, 0.2) is 41.0 Å². The SMILES string of the molecule is NC(CSc1ccccc1F)C1=CCCO1. The molecule has 1 aliphatic rings. The predicted octanol–water partition coefficient (Wildman–Crippen LogP) is 2.55. The van der Waals surface area contributed by atoms with E-state index in [9.17, 15) is 4.39 Å². The van der Waals surface area contributed by atoms with Gasteiger partial charge in [0.1, 0.15) is 11.6 Å². The van der Waals surface area contributed by atoms with Crippen LogP contribution in [0.3, 0.4) is 0 Å². The first-order valence-electron chi connectivity index (χ1n) is 5.23. The molecule has 0 saturated heterocycles. The minimum atomic E-state index is -0.194. The van der Waals surface area contributed by atoms with E-state index in [0.717, 1.165) is 12.2 Å². The summed E-state index contributed by atoms with van der Waals surface area (Å²) in [5, 5.41) is 0. The van der Waals surface area contributed by atoms with E-state index >= 15 is 0 Å². The van der Waals surface area contributed by atoms with E-state index in [2.05, 4.69) is 0 Å². The lowest BCUT2D eigenvalue weighted by Crippen LogP contribution is -2.25. The molecule has 0 aliphatic carbocycles. The molecule has 1 unspecified atom stereocenters. The topological polar surface area (TPSA) is 35.2 Å². The van der Waals surface area contributed by atoms with Gasteiger partial charge in [0.05, 0.1) is 12.6 Å². The van der Waals surface area contributed by atoms with Crippen molar-refractivity contribution in [1.29, 1.82) is 0 Å². The summed E-state index contributed by atoms with van der Waals surface area (Å²) < 4.78 is 18.7. The van der Waals surface area contributed by atoms with Gasteiger partial charge in [-0.1, -0.05) is 12.1 Å². The van der Waals surface area contributed by atoms with E-state index in [4.69, 9.17) is 10.5 Å². The Morgan fingerprint density at radius 3 is 2.94 bits per heavy atom. The highest BCUT2D eigenvalue weighted by Crippen LogP contribution is 2.24. The van der Waals surface area contributed by atoms with Crippen LogP contribution in [0.4, 0.5) is 4.39 Å². The van der Waals surface area contributed by atoms with E-state index in [1.807, 2.05) is 12.1 Å². The van der Waals surface area contributed by atoms with Gasteiger partial charge in [-0.2, -0.15) is 0 Å². The molecule has 2 nitrogen and oxygen atoms in total. The summed E-state index contributed by atoms with van der Waals surface area (Å²) in [5.74, 6) is 1.28. The van der Waals surface area contributed by atoms with Crippen molar-refractivity contribution in [3.05, 3.63) is 41.9 Å². The first-order chi connectivity index (χ1) is 7.77. The molecular weight excluding hydrogens is 225 g/mol. The summed E-state index contributed by atoms with van der Waals surface area (Å²) in [6.45, 7) is 0.716. The second-order valence-corrected chi connectivity index (χ2v) is 4.65. The van der Waals surface area contributed by atoms with Crippen molar-refractivity contribution < 1.29 is 9.13 Å². The summed E-state index contributed by atoms with van der Waals surface area (Å²) in [5.41, 5.74) is 5.94. The summed E-state index contributed by atoms with van der Waals surface area (Å²) in [6, 6.07) is 6.58. The van der Waals surface area contributed by atoms with Crippen LogP contribution in [0.2, 0.25) is 0 Å². The number of nitrogens with two attached hydrogens (primary N) is 1. The Bertz CT molecular complexity index is 394. The molecule has 0 saturated carbocycles. The van der Waals surface area contributed by atoms with Gasteiger partial charge in [0.15, 0.2) is 0 Å². The van der Waals surface area contributed by atoms with Crippen LogP contribution >= 0.6 is 11.8 Å². The maximum Gasteiger partial charge on any atom is 0.136 e. The third-order valence-electron chi connectivity index (χ3n) is 2.35. The maximum atomic E-state index is 13.3. The van der Waals surface area contributed by atoms with Gasteiger partial charge in [-0.3, -0.25) is 0 Å². The van der Waals surface area contributed by atoms with Crippen molar-refractivity contribution in [3.8, 4) is 0 Å². The minimum absolute atomic E-state index is 0.146. The molecule has 1 heterocycles. The number of hydrogen-bond acceptors (Lipinski definition) is 3. The Morgan fingerprint density at radius 2 is 2.25 bits per heavy atom. The molecule has 0 aromatic heterocycles. The predicted molar refractivity (Wildman–Crippen MR) is 63.8 cm³/mol. The molecular formula is C12H14FNOS. The largest absolute Gasteiger partial charge is 0.496 e. The molecule has 0 amide bonds. The average Bonchev–Trinajstić information content (AvgIpc) is 2.81. The Morgan fingerprint density at radius 1 is 1.44 bits per heavy atom.